The van der Waals surface area contributed by atoms with E-state index < -0.39 is 0 Å². The number of benzene rings is 2. The van der Waals surface area contributed by atoms with Crippen LogP contribution in [0.25, 0.3) is 11.1 Å². The van der Waals surface area contributed by atoms with E-state index in [-0.39, 0.29) is 0 Å². The highest BCUT2D eigenvalue weighted by Crippen LogP contribution is 2.38. The van der Waals surface area contributed by atoms with E-state index in [0.717, 1.165) is 25.3 Å². The van der Waals surface area contributed by atoms with Gasteiger partial charge in [-0.2, -0.15) is 0 Å². The Morgan fingerprint density at radius 1 is 1.15 bits per heavy atom. The lowest BCUT2D eigenvalue weighted by atomic mass is 9.88. The molecule has 0 saturated carbocycles. The molecule has 1 heterocycles. The Morgan fingerprint density at radius 2 is 2.00 bits per heavy atom. The highest BCUT2D eigenvalue weighted by molar-refractivity contribution is 5.78. The summed E-state index contributed by atoms with van der Waals surface area (Å²) in [6.45, 7) is 6.31. The summed E-state index contributed by atoms with van der Waals surface area (Å²) in [5.74, 6) is 0.981. The normalized spacial score (nSPS) is 13.9. The molecule has 0 spiro atoms. The summed E-state index contributed by atoms with van der Waals surface area (Å²) >= 11 is 0. The van der Waals surface area contributed by atoms with Crippen LogP contribution >= 0.6 is 0 Å². The summed E-state index contributed by atoms with van der Waals surface area (Å²) in [7, 11) is 1.76. The zero-order valence-electron chi connectivity index (χ0n) is 12.4. The molecule has 2 heteroatoms. The predicted molar refractivity (Wildman–Crippen MR) is 83.3 cm³/mol. The van der Waals surface area contributed by atoms with Crippen LogP contribution in [0.5, 0.6) is 5.75 Å². The van der Waals surface area contributed by atoms with E-state index in [0.29, 0.717) is 0 Å². The van der Waals surface area contributed by atoms with E-state index in [9.17, 15) is 0 Å². The highest BCUT2D eigenvalue weighted by atomic mass is 16.5. The molecule has 0 radical (unpaired) electrons. The van der Waals surface area contributed by atoms with Crippen LogP contribution < -0.4 is 10.1 Å². The average molecular weight is 267 g/mol. The number of fused-ring (bicyclic) bond motifs is 1. The van der Waals surface area contributed by atoms with Gasteiger partial charge in [-0.05, 0) is 60.7 Å². The van der Waals surface area contributed by atoms with E-state index in [1.165, 1.54) is 33.4 Å². The molecule has 2 aromatic rings. The van der Waals surface area contributed by atoms with Crippen molar-refractivity contribution in [3.05, 3.63) is 52.6 Å². The first kappa shape index (κ1) is 13.2. The minimum atomic E-state index is 0.969. The van der Waals surface area contributed by atoms with Gasteiger partial charge in [0, 0.05) is 12.1 Å². The predicted octanol–water partition coefficient (Wildman–Crippen LogP) is 3.62. The maximum absolute atomic E-state index is 5.64. The van der Waals surface area contributed by atoms with Crippen molar-refractivity contribution in [1.29, 1.82) is 0 Å². The second kappa shape index (κ2) is 5.29. The Kier molecular flexibility index (Phi) is 3.49. The number of hydrogen-bond acceptors (Lipinski definition) is 2. The van der Waals surface area contributed by atoms with E-state index in [1.807, 2.05) is 0 Å². The lowest BCUT2D eigenvalue weighted by Gasteiger charge is -2.22. The molecule has 1 N–H and O–H groups in total. The Morgan fingerprint density at radius 3 is 2.80 bits per heavy atom. The van der Waals surface area contributed by atoms with Crippen LogP contribution in [0.1, 0.15) is 22.3 Å². The molecule has 0 aliphatic carbocycles. The van der Waals surface area contributed by atoms with Gasteiger partial charge in [0.05, 0.1) is 7.11 Å². The quantitative estimate of drug-likeness (QED) is 0.897. The van der Waals surface area contributed by atoms with E-state index in [4.69, 9.17) is 4.74 Å². The standard InChI is InChI=1S/C18H21NO/c1-12-9-13(2)18(17(10-12)20-3)16-6-4-5-14-11-19-8-7-15(14)16/h4-6,9-10,19H,7-8,11H2,1-3H3. The largest absolute Gasteiger partial charge is 0.496 e. The second-order valence-corrected chi connectivity index (χ2v) is 5.53. The van der Waals surface area contributed by atoms with E-state index >= 15 is 0 Å². The summed E-state index contributed by atoms with van der Waals surface area (Å²) in [4.78, 5) is 0. The summed E-state index contributed by atoms with van der Waals surface area (Å²) in [6.07, 6.45) is 1.09. The molecule has 0 saturated heterocycles. The molecule has 1 aliphatic heterocycles. The molecule has 3 rings (SSSR count). The van der Waals surface area contributed by atoms with Crippen LogP contribution in [-0.4, -0.2) is 13.7 Å². The molecule has 0 fully saturated rings. The lowest BCUT2D eigenvalue weighted by molar-refractivity contribution is 0.416. The number of hydrogen-bond donors (Lipinski definition) is 1. The van der Waals surface area contributed by atoms with Crippen LogP contribution in [0.2, 0.25) is 0 Å². The third-order valence-corrected chi connectivity index (χ3v) is 4.07. The minimum Gasteiger partial charge on any atom is -0.496 e. The molecule has 2 aromatic carbocycles. The van der Waals surface area contributed by atoms with E-state index in [1.54, 1.807) is 7.11 Å². The Bertz CT molecular complexity index is 646. The Labute approximate surface area is 120 Å². The number of ether oxygens (including phenoxy) is 1. The molecule has 0 amide bonds. The fraction of sp³-hybridized carbons (Fsp3) is 0.333. The van der Waals surface area contributed by atoms with Gasteiger partial charge in [0.25, 0.3) is 0 Å². The molecule has 2 nitrogen and oxygen atoms in total. The summed E-state index contributed by atoms with van der Waals surface area (Å²) in [5, 5.41) is 3.44. The van der Waals surface area contributed by atoms with Crippen molar-refractivity contribution in [2.24, 2.45) is 0 Å². The molecule has 20 heavy (non-hydrogen) atoms. The van der Waals surface area contributed by atoms with Crippen LogP contribution in [0.3, 0.4) is 0 Å². The fourth-order valence-electron chi connectivity index (χ4n) is 3.20. The van der Waals surface area contributed by atoms with Gasteiger partial charge in [0.2, 0.25) is 0 Å². The molecule has 0 aromatic heterocycles. The number of aryl methyl sites for hydroxylation is 2. The number of rotatable bonds is 2. The molecular weight excluding hydrogens is 246 g/mol. The average Bonchev–Trinajstić information content (AvgIpc) is 2.46. The van der Waals surface area contributed by atoms with Gasteiger partial charge >= 0.3 is 0 Å². The Hall–Kier alpha value is -1.80. The lowest BCUT2D eigenvalue weighted by Crippen LogP contribution is -2.24. The third-order valence-electron chi connectivity index (χ3n) is 4.07. The van der Waals surface area contributed by atoms with Gasteiger partial charge in [-0.3, -0.25) is 0 Å². The van der Waals surface area contributed by atoms with Gasteiger partial charge in [-0.25, -0.2) is 0 Å². The van der Waals surface area contributed by atoms with Crippen molar-refractivity contribution in [3.8, 4) is 16.9 Å². The first-order valence-corrected chi connectivity index (χ1v) is 7.18. The maximum atomic E-state index is 5.64. The van der Waals surface area contributed by atoms with Gasteiger partial charge in [0.15, 0.2) is 0 Å². The van der Waals surface area contributed by atoms with Crippen LogP contribution in [0.15, 0.2) is 30.3 Å². The summed E-state index contributed by atoms with van der Waals surface area (Å²) < 4.78 is 5.64. The number of nitrogens with one attached hydrogen (secondary N) is 1. The topological polar surface area (TPSA) is 21.3 Å². The molecule has 1 aliphatic rings. The van der Waals surface area contributed by atoms with Crippen LogP contribution in [0, 0.1) is 13.8 Å². The SMILES string of the molecule is COc1cc(C)cc(C)c1-c1cccc2c1CCNC2. The van der Waals surface area contributed by atoms with Crippen LogP contribution in [-0.2, 0) is 13.0 Å². The second-order valence-electron chi connectivity index (χ2n) is 5.53. The van der Waals surface area contributed by atoms with Gasteiger partial charge < -0.3 is 10.1 Å². The number of methoxy groups -OCH3 is 1. The first-order valence-electron chi connectivity index (χ1n) is 7.18. The zero-order valence-corrected chi connectivity index (χ0v) is 12.4. The fourth-order valence-corrected chi connectivity index (χ4v) is 3.20. The smallest absolute Gasteiger partial charge is 0.127 e. The molecule has 0 unspecified atom stereocenters. The van der Waals surface area contributed by atoms with Crippen molar-refractivity contribution >= 4 is 0 Å². The Balaban J connectivity index is 2.24. The van der Waals surface area contributed by atoms with Gasteiger partial charge in [-0.1, -0.05) is 24.3 Å². The molecule has 0 atom stereocenters. The van der Waals surface area contributed by atoms with Gasteiger partial charge in [-0.15, -0.1) is 0 Å². The van der Waals surface area contributed by atoms with Crippen molar-refractivity contribution in [3.63, 3.8) is 0 Å². The minimum absolute atomic E-state index is 0.969. The van der Waals surface area contributed by atoms with E-state index in [2.05, 4.69) is 49.5 Å². The molecule has 0 bridgehead atoms. The maximum Gasteiger partial charge on any atom is 0.127 e. The monoisotopic (exact) mass is 267 g/mol. The highest BCUT2D eigenvalue weighted by Gasteiger charge is 2.17. The summed E-state index contributed by atoms with van der Waals surface area (Å²) in [5.41, 5.74) is 7.99. The summed E-state index contributed by atoms with van der Waals surface area (Å²) in [6, 6.07) is 11.0. The van der Waals surface area contributed by atoms with Crippen molar-refractivity contribution in [2.45, 2.75) is 26.8 Å². The van der Waals surface area contributed by atoms with Crippen molar-refractivity contribution in [2.75, 3.05) is 13.7 Å². The third kappa shape index (κ3) is 2.20. The first-order chi connectivity index (χ1) is 9.70. The van der Waals surface area contributed by atoms with Crippen molar-refractivity contribution < 1.29 is 4.74 Å². The molecule has 104 valence electrons. The molecular formula is C18H21NO. The van der Waals surface area contributed by atoms with Gasteiger partial charge in [0.1, 0.15) is 5.75 Å². The zero-order chi connectivity index (χ0) is 14.1. The van der Waals surface area contributed by atoms with Crippen molar-refractivity contribution in [1.82, 2.24) is 5.32 Å². The van der Waals surface area contributed by atoms with Crippen LogP contribution in [0.4, 0.5) is 0 Å².